The van der Waals surface area contributed by atoms with Gasteiger partial charge in [0.15, 0.2) is 0 Å². The maximum absolute atomic E-state index is 12.0. The quantitative estimate of drug-likeness (QED) is 0.659. The number of hydrogen-bond donors (Lipinski definition) is 2. The largest absolute Gasteiger partial charge is 0.350 e. The number of carbonyl (C=O) groups is 1. The van der Waals surface area contributed by atoms with Crippen molar-refractivity contribution >= 4 is 22.2 Å². The molecule has 2 rings (SSSR count). The summed E-state index contributed by atoms with van der Waals surface area (Å²) in [5.41, 5.74) is 0.502. The molecule has 2 heterocycles. The zero-order valence-corrected chi connectivity index (χ0v) is 12.5. The Labute approximate surface area is 121 Å². The molecular formula is C13H19N3O3S. The van der Waals surface area contributed by atoms with Crippen molar-refractivity contribution in [2.45, 2.75) is 32.7 Å². The summed E-state index contributed by atoms with van der Waals surface area (Å²) in [4.78, 5) is 22.1. The van der Waals surface area contributed by atoms with Crippen molar-refractivity contribution in [3.63, 3.8) is 0 Å². The van der Waals surface area contributed by atoms with Gasteiger partial charge >= 0.3 is 5.00 Å². The minimum Gasteiger partial charge on any atom is -0.350 e. The number of thiophene rings is 1. The second-order valence-corrected chi connectivity index (χ2v) is 6.63. The van der Waals surface area contributed by atoms with Gasteiger partial charge in [-0.3, -0.25) is 14.9 Å². The maximum atomic E-state index is 12.0. The van der Waals surface area contributed by atoms with Gasteiger partial charge in [0.25, 0.3) is 5.91 Å². The Hall–Kier alpha value is -1.47. The molecule has 1 amide bonds. The molecular weight excluding hydrogens is 278 g/mol. The van der Waals surface area contributed by atoms with Crippen molar-refractivity contribution in [1.29, 1.82) is 0 Å². The Bertz CT molecular complexity index is 513. The van der Waals surface area contributed by atoms with Gasteiger partial charge in [-0.25, -0.2) is 0 Å². The van der Waals surface area contributed by atoms with E-state index in [0.717, 1.165) is 30.7 Å². The number of carbonyl (C=O) groups excluding carboxylic acids is 1. The van der Waals surface area contributed by atoms with Crippen molar-refractivity contribution in [1.82, 2.24) is 10.6 Å². The molecule has 1 aliphatic heterocycles. The second-order valence-electron chi connectivity index (χ2n) is 5.74. The molecule has 6 nitrogen and oxygen atoms in total. The molecule has 1 saturated heterocycles. The highest BCUT2D eigenvalue weighted by Gasteiger charge is 2.32. The van der Waals surface area contributed by atoms with E-state index in [1.165, 1.54) is 11.4 Å². The fourth-order valence-corrected chi connectivity index (χ4v) is 3.16. The van der Waals surface area contributed by atoms with E-state index >= 15 is 0 Å². The normalized spacial score (nSPS) is 21.4. The molecule has 1 fully saturated rings. The van der Waals surface area contributed by atoms with Crippen LogP contribution in [0.25, 0.3) is 0 Å². The Kier molecular flexibility index (Phi) is 4.39. The summed E-state index contributed by atoms with van der Waals surface area (Å²) in [7, 11) is 0. The van der Waals surface area contributed by atoms with E-state index in [0.29, 0.717) is 12.1 Å². The number of nitrogens with zero attached hydrogens (tertiary/aromatic N) is 1. The van der Waals surface area contributed by atoms with Gasteiger partial charge in [0.05, 0.1) is 10.5 Å². The van der Waals surface area contributed by atoms with Crippen LogP contribution in [0.1, 0.15) is 37.0 Å². The number of piperidine rings is 1. The highest BCUT2D eigenvalue weighted by molar-refractivity contribution is 7.13. The lowest BCUT2D eigenvalue weighted by molar-refractivity contribution is -0.380. The Balaban J connectivity index is 1.92. The minimum absolute atomic E-state index is 0.00808. The lowest BCUT2D eigenvalue weighted by Gasteiger charge is -2.39. The molecule has 1 atom stereocenters. The van der Waals surface area contributed by atoms with Crippen molar-refractivity contribution in [3.8, 4) is 0 Å². The summed E-state index contributed by atoms with van der Waals surface area (Å²) < 4.78 is 0. The maximum Gasteiger partial charge on any atom is 0.324 e. The monoisotopic (exact) mass is 297 g/mol. The van der Waals surface area contributed by atoms with Gasteiger partial charge in [0.1, 0.15) is 0 Å². The van der Waals surface area contributed by atoms with Crippen LogP contribution < -0.4 is 10.6 Å². The lowest BCUT2D eigenvalue weighted by Crippen LogP contribution is -2.52. The zero-order valence-electron chi connectivity index (χ0n) is 11.6. The van der Waals surface area contributed by atoms with Crippen LogP contribution in [-0.4, -0.2) is 30.0 Å². The summed E-state index contributed by atoms with van der Waals surface area (Å²) in [5, 5.41) is 18.4. The number of hydrogen-bond acceptors (Lipinski definition) is 5. The number of amides is 1. The van der Waals surface area contributed by atoms with Crippen LogP contribution in [0.3, 0.4) is 0 Å². The lowest BCUT2D eigenvalue weighted by atomic mass is 9.77. The van der Waals surface area contributed by atoms with E-state index in [2.05, 4.69) is 24.5 Å². The van der Waals surface area contributed by atoms with E-state index < -0.39 is 4.92 Å². The molecule has 1 unspecified atom stereocenters. The molecule has 0 radical (unpaired) electrons. The first kappa shape index (κ1) is 14.9. The third-order valence-electron chi connectivity index (χ3n) is 3.83. The van der Waals surface area contributed by atoms with E-state index in [1.54, 1.807) is 0 Å². The average molecular weight is 297 g/mol. The summed E-state index contributed by atoms with van der Waals surface area (Å²) >= 11 is 0.972. The van der Waals surface area contributed by atoms with Crippen molar-refractivity contribution < 1.29 is 9.72 Å². The number of nitrogens with one attached hydrogen (secondary N) is 2. The molecule has 7 heteroatoms. The van der Waals surface area contributed by atoms with Crippen LogP contribution in [0.15, 0.2) is 11.4 Å². The SMILES string of the molecule is CC1(C)CCCNC1CNC(=O)c1csc([N+](=O)[O-])c1. The summed E-state index contributed by atoms with van der Waals surface area (Å²) in [6.45, 7) is 5.88. The van der Waals surface area contributed by atoms with Crippen LogP contribution in [0.5, 0.6) is 0 Å². The van der Waals surface area contributed by atoms with Gasteiger partial charge in [-0.2, -0.15) is 0 Å². The van der Waals surface area contributed by atoms with E-state index in [9.17, 15) is 14.9 Å². The molecule has 0 saturated carbocycles. The van der Waals surface area contributed by atoms with E-state index in [-0.39, 0.29) is 22.4 Å². The molecule has 110 valence electrons. The van der Waals surface area contributed by atoms with Crippen molar-refractivity contribution in [2.24, 2.45) is 5.41 Å². The molecule has 0 aliphatic carbocycles. The molecule has 1 aliphatic rings. The molecule has 0 spiro atoms. The topological polar surface area (TPSA) is 84.3 Å². The van der Waals surface area contributed by atoms with Gasteiger partial charge in [0, 0.05) is 24.0 Å². The predicted molar refractivity (Wildman–Crippen MR) is 78.1 cm³/mol. The first-order chi connectivity index (χ1) is 9.40. The highest BCUT2D eigenvalue weighted by atomic mass is 32.1. The standard InChI is InChI=1S/C13H19N3O3S/c1-13(2)4-3-5-14-10(13)7-15-12(17)9-6-11(16(18)19)20-8-9/h6,8,10,14H,3-5,7H2,1-2H3,(H,15,17). The van der Waals surface area contributed by atoms with Gasteiger partial charge in [-0.1, -0.05) is 25.2 Å². The molecule has 1 aromatic heterocycles. The Morgan fingerprint density at radius 1 is 1.65 bits per heavy atom. The fraction of sp³-hybridized carbons (Fsp3) is 0.615. The van der Waals surface area contributed by atoms with Crippen LogP contribution in [0.2, 0.25) is 0 Å². The van der Waals surface area contributed by atoms with Crippen LogP contribution in [-0.2, 0) is 0 Å². The average Bonchev–Trinajstić information content (AvgIpc) is 2.86. The Morgan fingerprint density at radius 3 is 3.00 bits per heavy atom. The van der Waals surface area contributed by atoms with Crippen molar-refractivity contribution in [3.05, 3.63) is 27.1 Å². The van der Waals surface area contributed by atoms with Crippen LogP contribution >= 0.6 is 11.3 Å². The molecule has 0 aromatic carbocycles. The molecule has 20 heavy (non-hydrogen) atoms. The highest BCUT2D eigenvalue weighted by Crippen LogP contribution is 2.29. The van der Waals surface area contributed by atoms with Crippen molar-refractivity contribution in [2.75, 3.05) is 13.1 Å². The third-order valence-corrected chi connectivity index (χ3v) is 4.71. The van der Waals surface area contributed by atoms with Crippen LogP contribution in [0, 0.1) is 15.5 Å². The van der Waals surface area contributed by atoms with E-state index in [1.807, 2.05) is 0 Å². The number of nitro groups is 1. The smallest absolute Gasteiger partial charge is 0.324 e. The van der Waals surface area contributed by atoms with Gasteiger partial charge in [-0.15, -0.1) is 0 Å². The fourth-order valence-electron chi connectivity index (χ4n) is 2.46. The third kappa shape index (κ3) is 3.34. The number of rotatable bonds is 4. The van der Waals surface area contributed by atoms with Gasteiger partial charge in [0.2, 0.25) is 0 Å². The van der Waals surface area contributed by atoms with Gasteiger partial charge < -0.3 is 10.6 Å². The summed E-state index contributed by atoms with van der Waals surface area (Å²) in [6.07, 6.45) is 2.28. The first-order valence-corrected chi connectivity index (χ1v) is 7.52. The zero-order chi connectivity index (χ0) is 14.8. The minimum atomic E-state index is -0.479. The molecule has 1 aromatic rings. The van der Waals surface area contributed by atoms with Crippen LogP contribution in [0.4, 0.5) is 5.00 Å². The first-order valence-electron chi connectivity index (χ1n) is 6.64. The summed E-state index contributed by atoms with van der Waals surface area (Å²) in [6, 6.07) is 1.55. The van der Waals surface area contributed by atoms with Gasteiger partial charge in [-0.05, 0) is 24.8 Å². The Morgan fingerprint density at radius 2 is 2.40 bits per heavy atom. The second kappa shape index (κ2) is 5.88. The predicted octanol–water partition coefficient (Wildman–Crippen LogP) is 2.16. The molecule has 2 N–H and O–H groups in total. The van der Waals surface area contributed by atoms with E-state index in [4.69, 9.17) is 0 Å². The summed E-state index contributed by atoms with van der Waals surface area (Å²) in [5.74, 6) is -0.252. The molecule has 0 bridgehead atoms.